The van der Waals surface area contributed by atoms with Crippen LogP contribution in [0.2, 0.25) is 0 Å². The first-order valence-electron chi connectivity index (χ1n) is 4.76. The van der Waals surface area contributed by atoms with E-state index in [1.165, 1.54) is 6.42 Å². The van der Waals surface area contributed by atoms with E-state index in [2.05, 4.69) is 22.9 Å². The molecular weight excluding hydrogens is 251 g/mol. The smallest absolute Gasteiger partial charge is 0.141 e. The molecule has 0 aromatic carbocycles. The molecule has 0 spiro atoms. The van der Waals surface area contributed by atoms with Gasteiger partial charge in [0.25, 0.3) is 0 Å². The average Bonchev–Trinajstić information content (AvgIpc) is 2.53. The second kappa shape index (κ2) is 2.96. The van der Waals surface area contributed by atoms with Crippen molar-refractivity contribution in [1.29, 1.82) is 0 Å². The Morgan fingerprint density at radius 1 is 1.69 bits per heavy atom. The van der Waals surface area contributed by atoms with Gasteiger partial charge in [0.1, 0.15) is 5.78 Å². The monoisotopic (exact) mass is 264 g/mol. The summed E-state index contributed by atoms with van der Waals surface area (Å²) in [5.41, 5.74) is -0.0887. The predicted octanol–water partition coefficient (Wildman–Crippen LogP) is 3.00. The van der Waals surface area contributed by atoms with Crippen molar-refractivity contribution in [3.8, 4) is 0 Å². The van der Waals surface area contributed by atoms with Crippen molar-refractivity contribution in [1.82, 2.24) is 0 Å². The summed E-state index contributed by atoms with van der Waals surface area (Å²) in [5, 5.41) is 0.906. The van der Waals surface area contributed by atoms with E-state index in [9.17, 15) is 4.79 Å². The van der Waals surface area contributed by atoms with Gasteiger partial charge in [0, 0.05) is 23.0 Å². The van der Waals surface area contributed by atoms with E-state index in [4.69, 9.17) is 11.6 Å². The molecule has 0 aromatic rings. The SMILES string of the molecule is CC1(CBr)[C@@H]2CC[C@@]1(CCl)C(=O)C2. The quantitative estimate of drug-likeness (QED) is 0.702. The Kier molecular flexibility index (Phi) is 2.27. The van der Waals surface area contributed by atoms with Gasteiger partial charge in [-0.1, -0.05) is 22.9 Å². The number of hydrogen-bond acceptors (Lipinski definition) is 1. The van der Waals surface area contributed by atoms with Gasteiger partial charge in [0.15, 0.2) is 0 Å². The summed E-state index contributed by atoms with van der Waals surface area (Å²) in [6.07, 6.45) is 2.94. The zero-order chi connectivity index (χ0) is 9.69. The summed E-state index contributed by atoms with van der Waals surface area (Å²) < 4.78 is 0. The lowest BCUT2D eigenvalue weighted by Gasteiger charge is -2.36. The van der Waals surface area contributed by atoms with Crippen molar-refractivity contribution >= 4 is 33.3 Å². The van der Waals surface area contributed by atoms with Crippen LogP contribution in [0, 0.1) is 16.7 Å². The molecule has 74 valence electrons. The second-order valence-electron chi connectivity index (χ2n) is 4.63. The first-order chi connectivity index (χ1) is 6.10. The Hall–Kier alpha value is 0.440. The van der Waals surface area contributed by atoms with Crippen LogP contribution in [-0.4, -0.2) is 17.0 Å². The lowest BCUT2D eigenvalue weighted by molar-refractivity contribution is -0.127. The summed E-state index contributed by atoms with van der Waals surface area (Å²) in [5.74, 6) is 1.48. The van der Waals surface area contributed by atoms with Crippen LogP contribution in [0.3, 0.4) is 0 Å². The van der Waals surface area contributed by atoms with Gasteiger partial charge in [-0.15, -0.1) is 11.6 Å². The zero-order valence-corrected chi connectivity index (χ0v) is 10.1. The molecule has 2 fully saturated rings. The Balaban J connectivity index is 2.45. The molecule has 13 heavy (non-hydrogen) atoms. The van der Waals surface area contributed by atoms with Crippen LogP contribution in [0.5, 0.6) is 0 Å². The molecule has 2 bridgehead atoms. The maximum Gasteiger partial charge on any atom is 0.141 e. The van der Waals surface area contributed by atoms with Gasteiger partial charge in [-0.25, -0.2) is 0 Å². The number of carbonyl (C=O) groups is 1. The van der Waals surface area contributed by atoms with Crippen LogP contribution >= 0.6 is 27.5 Å². The minimum Gasteiger partial charge on any atom is -0.299 e. The highest BCUT2D eigenvalue weighted by Gasteiger charge is 2.65. The molecule has 0 N–H and O–H groups in total. The molecule has 0 saturated heterocycles. The summed E-state index contributed by atoms with van der Waals surface area (Å²) in [7, 11) is 0. The molecule has 0 amide bonds. The Morgan fingerprint density at radius 2 is 2.38 bits per heavy atom. The summed E-state index contributed by atoms with van der Waals surface area (Å²) in [6.45, 7) is 2.21. The topological polar surface area (TPSA) is 17.1 Å². The van der Waals surface area contributed by atoms with Crippen LogP contribution in [0.25, 0.3) is 0 Å². The molecule has 1 unspecified atom stereocenters. The molecule has 3 atom stereocenters. The van der Waals surface area contributed by atoms with Crippen molar-refractivity contribution in [2.24, 2.45) is 16.7 Å². The normalized spacial score (nSPS) is 48.8. The van der Waals surface area contributed by atoms with Gasteiger partial charge in [0.2, 0.25) is 0 Å². The highest BCUT2D eigenvalue weighted by molar-refractivity contribution is 9.09. The van der Waals surface area contributed by atoms with Crippen molar-refractivity contribution < 1.29 is 4.79 Å². The largest absolute Gasteiger partial charge is 0.299 e. The third-order valence-corrected chi connectivity index (χ3v) is 6.01. The maximum absolute atomic E-state index is 11.9. The van der Waals surface area contributed by atoms with Gasteiger partial charge < -0.3 is 0 Å². The fourth-order valence-electron chi connectivity index (χ4n) is 3.15. The van der Waals surface area contributed by atoms with E-state index < -0.39 is 0 Å². The van der Waals surface area contributed by atoms with Crippen LogP contribution in [-0.2, 0) is 4.79 Å². The molecule has 0 radical (unpaired) electrons. The van der Waals surface area contributed by atoms with E-state index in [1.54, 1.807) is 0 Å². The lowest BCUT2D eigenvalue weighted by atomic mass is 9.70. The van der Waals surface area contributed by atoms with Crippen molar-refractivity contribution in [2.45, 2.75) is 26.2 Å². The van der Waals surface area contributed by atoms with Crippen LogP contribution < -0.4 is 0 Å². The Labute approximate surface area is 92.3 Å². The number of Topliss-reactive ketones (excluding diaryl/α,β-unsaturated/α-hetero) is 1. The van der Waals surface area contributed by atoms with E-state index in [0.29, 0.717) is 17.6 Å². The first-order valence-corrected chi connectivity index (χ1v) is 6.41. The van der Waals surface area contributed by atoms with Crippen molar-refractivity contribution in [2.75, 3.05) is 11.2 Å². The van der Waals surface area contributed by atoms with Gasteiger partial charge in [0.05, 0.1) is 0 Å². The molecule has 0 aliphatic heterocycles. The average molecular weight is 266 g/mol. The number of fused-ring (bicyclic) bond motifs is 2. The summed E-state index contributed by atoms with van der Waals surface area (Å²) >= 11 is 9.55. The molecule has 2 saturated carbocycles. The van der Waals surface area contributed by atoms with Gasteiger partial charge in [-0.3, -0.25) is 4.79 Å². The fraction of sp³-hybridized carbons (Fsp3) is 0.900. The van der Waals surface area contributed by atoms with Crippen LogP contribution in [0.4, 0.5) is 0 Å². The maximum atomic E-state index is 11.9. The Morgan fingerprint density at radius 3 is 2.77 bits per heavy atom. The van der Waals surface area contributed by atoms with Crippen molar-refractivity contribution in [3.05, 3.63) is 0 Å². The zero-order valence-electron chi connectivity index (χ0n) is 7.78. The molecule has 0 aromatic heterocycles. The predicted molar refractivity (Wildman–Crippen MR) is 57.4 cm³/mol. The number of rotatable bonds is 2. The minimum atomic E-state index is -0.206. The molecule has 1 nitrogen and oxygen atoms in total. The van der Waals surface area contributed by atoms with Crippen LogP contribution in [0.15, 0.2) is 0 Å². The summed E-state index contributed by atoms with van der Waals surface area (Å²) in [4.78, 5) is 11.9. The first kappa shape index (κ1) is 9.97. The van der Waals surface area contributed by atoms with Gasteiger partial charge in [-0.2, -0.15) is 0 Å². The van der Waals surface area contributed by atoms with E-state index >= 15 is 0 Å². The van der Waals surface area contributed by atoms with Crippen LogP contribution in [0.1, 0.15) is 26.2 Å². The second-order valence-corrected chi connectivity index (χ2v) is 5.46. The number of hydrogen-bond donors (Lipinski definition) is 0. The minimum absolute atomic E-state index is 0.117. The fourth-order valence-corrected chi connectivity index (χ4v) is 4.73. The number of alkyl halides is 2. The highest BCUT2D eigenvalue weighted by atomic mass is 79.9. The number of halogens is 2. The van der Waals surface area contributed by atoms with E-state index in [0.717, 1.165) is 18.2 Å². The highest BCUT2D eigenvalue weighted by Crippen LogP contribution is 2.64. The van der Waals surface area contributed by atoms with Crippen molar-refractivity contribution in [3.63, 3.8) is 0 Å². The lowest BCUT2D eigenvalue weighted by Crippen LogP contribution is -2.40. The standard InChI is InChI=1S/C10H14BrClO/c1-9(5-11)7-2-3-10(9,6-12)8(13)4-7/h7H,2-6H2,1H3/t7-,9?,10-/m1/s1. The molecule has 0 heterocycles. The molecule has 2 aliphatic rings. The third kappa shape index (κ3) is 0.967. The van der Waals surface area contributed by atoms with Gasteiger partial charge >= 0.3 is 0 Å². The molecule has 2 rings (SSSR count). The Bertz CT molecular complexity index is 255. The molecule has 3 heteroatoms. The third-order valence-electron chi connectivity index (χ3n) is 4.39. The number of ketones is 1. The van der Waals surface area contributed by atoms with E-state index in [-0.39, 0.29) is 10.8 Å². The molecular formula is C10H14BrClO. The van der Waals surface area contributed by atoms with E-state index in [1.807, 2.05) is 0 Å². The molecule has 2 aliphatic carbocycles. The number of carbonyl (C=O) groups excluding carboxylic acids is 1. The van der Waals surface area contributed by atoms with Gasteiger partial charge in [-0.05, 0) is 24.2 Å². The summed E-state index contributed by atoms with van der Waals surface area (Å²) in [6, 6.07) is 0.